The number of H-pyrrole nitrogens is 1. The maximum absolute atomic E-state index is 6.20. The van der Waals surface area contributed by atoms with Crippen molar-refractivity contribution in [1.82, 2.24) is 9.97 Å². The predicted octanol–water partition coefficient (Wildman–Crippen LogP) is 7.01. The Morgan fingerprint density at radius 1 is 0.595 bits per heavy atom. The van der Waals surface area contributed by atoms with Crippen LogP contribution in [-0.4, -0.2) is 43.5 Å². The molecule has 4 rings (SSSR count). The summed E-state index contributed by atoms with van der Waals surface area (Å²) in [4.78, 5) is 8.67. The minimum atomic E-state index is 0.410. The summed E-state index contributed by atoms with van der Waals surface area (Å²) in [6.45, 7) is 9.34. The largest absolute Gasteiger partial charge is 0.490 e. The predicted molar refractivity (Wildman–Crippen MR) is 146 cm³/mol. The molecule has 0 amide bonds. The van der Waals surface area contributed by atoms with Crippen LogP contribution < -0.4 is 23.7 Å². The maximum atomic E-state index is 6.20. The molecule has 0 spiro atoms. The van der Waals surface area contributed by atoms with E-state index in [0.717, 1.165) is 22.5 Å². The van der Waals surface area contributed by atoms with Gasteiger partial charge in [-0.05, 0) is 27.7 Å². The zero-order valence-corrected chi connectivity index (χ0v) is 22.1. The van der Waals surface area contributed by atoms with E-state index in [1.165, 1.54) is 0 Å². The van der Waals surface area contributed by atoms with Gasteiger partial charge in [-0.25, -0.2) is 4.98 Å². The van der Waals surface area contributed by atoms with Gasteiger partial charge in [0.25, 0.3) is 0 Å². The molecular weight excluding hydrogens is 468 g/mol. The van der Waals surface area contributed by atoms with Crippen LogP contribution in [0.1, 0.15) is 27.7 Å². The number of nitrogens with one attached hydrogen (secondary N) is 1. The molecule has 0 saturated carbocycles. The molecule has 4 aromatic rings. The number of rotatable bonds is 12. The standard InChI is InChI=1S/C30H34N2O5/c1-6-34-25-22(26(35-7-2)29(37-9-4)27(33-5)28(25)36-8-3)30-31-23(20-16-12-10-13-17-20)24(32-30)21-18-14-11-15-19-21/h10-19H,6-9H2,1-5H3,(H,31,32). The van der Waals surface area contributed by atoms with E-state index in [1.54, 1.807) is 7.11 Å². The third kappa shape index (κ3) is 5.21. The van der Waals surface area contributed by atoms with E-state index < -0.39 is 0 Å². The first-order chi connectivity index (χ1) is 18.2. The molecule has 0 aliphatic heterocycles. The van der Waals surface area contributed by atoms with E-state index in [0.29, 0.717) is 66.6 Å². The van der Waals surface area contributed by atoms with Gasteiger partial charge in [0.2, 0.25) is 17.2 Å². The quantitative estimate of drug-likeness (QED) is 0.224. The van der Waals surface area contributed by atoms with Gasteiger partial charge in [-0.1, -0.05) is 60.7 Å². The van der Waals surface area contributed by atoms with Crippen molar-refractivity contribution in [3.63, 3.8) is 0 Å². The van der Waals surface area contributed by atoms with Crippen molar-refractivity contribution in [2.24, 2.45) is 0 Å². The number of nitrogens with zero attached hydrogens (tertiary/aromatic N) is 1. The smallest absolute Gasteiger partial charge is 0.211 e. The molecule has 7 heteroatoms. The molecule has 0 radical (unpaired) electrons. The molecule has 3 aromatic carbocycles. The molecule has 0 fully saturated rings. The highest BCUT2D eigenvalue weighted by Gasteiger charge is 2.32. The number of aromatic amines is 1. The van der Waals surface area contributed by atoms with Crippen LogP contribution in [0.15, 0.2) is 60.7 Å². The topological polar surface area (TPSA) is 74.8 Å². The molecular formula is C30H34N2O5. The summed E-state index contributed by atoms with van der Waals surface area (Å²) in [6, 6.07) is 20.2. The van der Waals surface area contributed by atoms with Crippen LogP contribution >= 0.6 is 0 Å². The Morgan fingerprint density at radius 2 is 1.05 bits per heavy atom. The molecule has 0 aliphatic carbocycles. The second-order valence-corrected chi connectivity index (χ2v) is 8.00. The van der Waals surface area contributed by atoms with Gasteiger partial charge >= 0.3 is 0 Å². The van der Waals surface area contributed by atoms with Gasteiger partial charge in [-0.3, -0.25) is 0 Å². The molecule has 1 N–H and O–H groups in total. The van der Waals surface area contributed by atoms with Gasteiger partial charge in [0.15, 0.2) is 11.5 Å². The summed E-state index contributed by atoms with van der Waals surface area (Å²) in [6.07, 6.45) is 0. The van der Waals surface area contributed by atoms with E-state index in [-0.39, 0.29) is 0 Å². The van der Waals surface area contributed by atoms with Crippen molar-refractivity contribution in [2.45, 2.75) is 27.7 Å². The van der Waals surface area contributed by atoms with Crippen LogP contribution in [0.3, 0.4) is 0 Å². The fraction of sp³-hybridized carbons (Fsp3) is 0.300. The van der Waals surface area contributed by atoms with Crippen molar-refractivity contribution in [2.75, 3.05) is 33.5 Å². The number of benzene rings is 3. The summed E-state index contributed by atoms with van der Waals surface area (Å²) < 4.78 is 30.3. The number of aromatic nitrogens is 2. The van der Waals surface area contributed by atoms with Crippen LogP contribution in [0.2, 0.25) is 0 Å². The summed E-state index contributed by atoms with van der Waals surface area (Å²) in [5, 5.41) is 0. The minimum absolute atomic E-state index is 0.410. The summed E-state index contributed by atoms with van der Waals surface area (Å²) in [5.41, 5.74) is 4.33. The SMILES string of the molecule is CCOc1c(OC)c(OCC)c(OCC)c(-c2nc(-c3ccccc3)c(-c3ccccc3)[nH]2)c1OCC. The van der Waals surface area contributed by atoms with Gasteiger partial charge in [0.1, 0.15) is 11.4 Å². The maximum Gasteiger partial charge on any atom is 0.211 e. The van der Waals surface area contributed by atoms with Gasteiger partial charge < -0.3 is 28.7 Å². The first-order valence-corrected chi connectivity index (χ1v) is 12.7. The van der Waals surface area contributed by atoms with Gasteiger partial charge in [-0.2, -0.15) is 0 Å². The Balaban J connectivity index is 2.09. The van der Waals surface area contributed by atoms with Gasteiger partial charge in [-0.15, -0.1) is 0 Å². The summed E-state index contributed by atoms with van der Waals surface area (Å²) >= 11 is 0. The summed E-state index contributed by atoms with van der Waals surface area (Å²) in [7, 11) is 1.58. The Labute approximate surface area is 218 Å². The molecule has 1 aromatic heterocycles. The van der Waals surface area contributed by atoms with Crippen LogP contribution in [0.4, 0.5) is 0 Å². The molecule has 7 nitrogen and oxygen atoms in total. The van der Waals surface area contributed by atoms with Crippen molar-refractivity contribution in [1.29, 1.82) is 0 Å². The highest BCUT2D eigenvalue weighted by Crippen LogP contribution is 2.57. The molecule has 37 heavy (non-hydrogen) atoms. The Morgan fingerprint density at radius 3 is 1.51 bits per heavy atom. The Kier molecular flexibility index (Phi) is 8.56. The zero-order valence-electron chi connectivity index (χ0n) is 22.1. The number of hydrogen-bond donors (Lipinski definition) is 1. The monoisotopic (exact) mass is 502 g/mol. The average molecular weight is 503 g/mol. The highest BCUT2D eigenvalue weighted by atomic mass is 16.6. The van der Waals surface area contributed by atoms with Crippen molar-refractivity contribution < 1.29 is 23.7 Å². The fourth-order valence-corrected chi connectivity index (χ4v) is 4.27. The lowest BCUT2D eigenvalue weighted by Gasteiger charge is -2.23. The van der Waals surface area contributed by atoms with E-state index in [9.17, 15) is 0 Å². The molecule has 0 saturated heterocycles. The number of imidazole rings is 1. The van der Waals surface area contributed by atoms with E-state index in [2.05, 4.69) is 17.1 Å². The normalized spacial score (nSPS) is 10.7. The molecule has 0 unspecified atom stereocenters. The number of methoxy groups -OCH3 is 1. The lowest BCUT2D eigenvalue weighted by molar-refractivity contribution is 0.243. The third-order valence-electron chi connectivity index (χ3n) is 5.69. The van der Waals surface area contributed by atoms with Crippen LogP contribution in [-0.2, 0) is 0 Å². The third-order valence-corrected chi connectivity index (χ3v) is 5.69. The number of ether oxygens (including phenoxy) is 5. The van der Waals surface area contributed by atoms with Gasteiger partial charge in [0, 0.05) is 11.1 Å². The van der Waals surface area contributed by atoms with Crippen LogP contribution in [0.25, 0.3) is 33.9 Å². The molecule has 194 valence electrons. The molecule has 0 atom stereocenters. The molecule has 0 bridgehead atoms. The highest BCUT2D eigenvalue weighted by molar-refractivity contribution is 5.88. The van der Waals surface area contributed by atoms with Crippen molar-refractivity contribution >= 4 is 0 Å². The second-order valence-electron chi connectivity index (χ2n) is 8.00. The zero-order chi connectivity index (χ0) is 26.2. The Hall–Kier alpha value is -4.13. The lowest BCUT2D eigenvalue weighted by atomic mass is 10.1. The van der Waals surface area contributed by atoms with Gasteiger partial charge in [0.05, 0.1) is 44.9 Å². The summed E-state index contributed by atoms with van der Waals surface area (Å²) in [5.74, 6) is 2.88. The first kappa shape index (κ1) is 25.9. The second kappa shape index (κ2) is 12.2. The van der Waals surface area contributed by atoms with E-state index in [1.807, 2.05) is 76.2 Å². The number of hydrogen-bond acceptors (Lipinski definition) is 6. The van der Waals surface area contributed by atoms with E-state index in [4.69, 9.17) is 28.7 Å². The Bertz CT molecular complexity index is 1210. The average Bonchev–Trinajstić information content (AvgIpc) is 3.37. The van der Waals surface area contributed by atoms with E-state index >= 15 is 0 Å². The first-order valence-electron chi connectivity index (χ1n) is 12.7. The van der Waals surface area contributed by atoms with Crippen LogP contribution in [0.5, 0.6) is 28.7 Å². The fourth-order valence-electron chi connectivity index (χ4n) is 4.27. The van der Waals surface area contributed by atoms with Crippen LogP contribution in [0, 0.1) is 0 Å². The molecule has 1 heterocycles. The van der Waals surface area contributed by atoms with Crippen molar-refractivity contribution in [3.8, 4) is 62.7 Å². The minimum Gasteiger partial charge on any atom is -0.490 e. The lowest BCUT2D eigenvalue weighted by Crippen LogP contribution is -2.08. The molecule has 0 aliphatic rings. The van der Waals surface area contributed by atoms with Crippen molar-refractivity contribution in [3.05, 3.63) is 60.7 Å².